The second-order valence-corrected chi connectivity index (χ2v) is 6.95. The number of thioether (sulfide) groups is 1. The molecule has 0 aromatic heterocycles. The highest BCUT2D eigenvalue weighted by atomic mass is 32.2. The van der Waals surface area contributed by atoms with Gasteiger partial charge in [-0.2, -0.15) is 0 Å². The van der Waals surface area contributed by atoms with Gasteiger partial charge in [0, 0.05) is 18.0 Å². The summed E-state index contributed by atoms with van der Waals surface area (Å²) in [6, 6.07) is 6.32. The van der Waals surface area contributed by atoms with Crippen LogP contribution in [0, 0.1) is 13.8 Å². The molecule has 0 unspecified atom stereocenters. The quantitative estimate of drug-likeness (QED) is 0.871. The summed E-state index contributed by atoms with van der Waals surface area (Å²) in [6.45, 7) is 7.32. The van der Waals surface area contributed by atoms with E-state index in [0.717, 1.165) is 0 Å². The Hall–Kier alpha value is -1.00. The average molecular weight is 293 g/mol. The fraction of sp³-hybridized carbons (Fsp3) is 0.562. The number of amides is 1. The molecule has 20 heavy (non-hydrogen) atoms. The third-order valence-corrected chi connectivity index (χ3v) is 5.03. The highest BCUT2D eigenvalue weighted by molar-refractivity contribution is 8.00. The Labute approximate surface area is 125 Å². The third-order valence-electron chi connectivity index (χ3n) is 3.89. The molecule has 2 rings (SSSR count). The van der Waals surface area contributed by atoms with E-state index in [9.17, 15) is 9.90 Å². The molecule has 1 aliphatic heterocycles. The largest absolute Gasteiger partial charge is 0.390 e. The van der Waals surface area contributed by atoms with Crippen LogP contribution in [0.15, 0.2) is 23.1 Å². The van der Waals surface area contributed by atoms with Crippen LogP contribution in [0.3, 0.4) is 0 Å². The normalized spacial score (nSPS) is 18.1. The number of hydrogen-bond acceptors (Lipinski definition) is 3. The zero-order valence-electron chi connectivity index (χ0n) is 12.5. The van der Waals surface area contributed by atoms with Crippen molar-refractivity contribution < 1.29 is 9.90 Å². The van der Waals surface area contributed by atoms with Crippen molar-refractivity contribution in [2.24, 2.45) is 0 Å². The van der Waals surface area contributed by atoms with E-state index in [1.54, 1.807) is 11.8 Å². The van der Waals surface area contributed by atoms with Crippen molar-refractivity contribution in [2.75, 3.05) is 18.8 Å². The van der Waals surface area contributed by atoms with Crippen LogP contribution in [-0.2, 0) is 4.79 Å². The van der Waals surface area contributed by atoms with Crippen molar-refractivity contribution in [3.63, 3.8) is 0 Å². The lowest BCUT2D eigenvalue weighted by molar-refractivity contribution is -0.132. The van der Waals surface area contributed by atoms with Crippen LogP contribution in [-0.4, -0.2) is 40.4 Å². The van der Waals surface area contributed by atoms with E-state index in [1.165, 1.54) is 16.0 Å². The van der Waals surface area contributed by atoms with Crippen LogP contribution in [0.2, 0.25) is 0 Å². The number of hydrogen-bond donors (Lipinski definition) is 1. The maximum absolute atomic E-state index is 12.2. The molecule has 110 valence electrons. The Morgan fingerprint density at radius 1 is 1.35 bits per heavy atom. The van der Waals surface area contributed by atoms with Crippen molar-refractivity contribution in [1.82, 2.24) is 4.90 Å². The van der Waals surface area contributed by atoms with Crippen LogP contribution >= 0.6 is 11.8 Å². The monoisotopic (exact) mass is 293 g/mol. The van der Waals surface area contributed by atoms with E-state index >= 15 is 0 Å². The van der Waals surface area contributed by atoms with Gasteiger partial charge in [-0.1, -0.05) is 17.7 Å². The molecule has 0 radical (unpaired) electrons. The molecule has 0 spiro atoms. The molecule has 1 heterocycles. The third kappa shape index (κ3) is 4.00. The van der Waals surface area contributed by atoms with Gasteiger partial charge in [0.2, 0.25) is 5.91 Å². The van der Waals surface area contributed by atoms with Crippen LogP contribution in [0.25, 0.3) is 0 Å². The number of benzene rings is 1. The van der Waals surface area contributed by atoms with Gasteiger partial charge in [-0.25, -0.2) is 0 Å². The highest BCUT2D eigenvalue weighted by Crippen LogP contribution is 2.25. The van der Waals surface area contributed by atoms with Crippen LogP contribution in [0.4, 0.5) is 0 Å². The highest BCUT2D eigenvalue weighted by Gasteiger charge is 2.29. The summed E-state index contributed by atoms with van der Waals surface area (Å²) < 4.78 is 0. The minimum Gasteiger partial charge on any atom is -0.390 e. The minimum atomic E-state index is -0.600. The Kier molecular flexibility index (Phi) is 4.76. The smallest absolute Gasteiger partial charge is 0.232 e. The van der Waals surface area contributed by atoms with E-state index in [4.69, 9.17) is 0 Å². The Morgan fingerprint density at radius 2 is 2.00 bits per heavy atom. The molecule has 1 N–H and O–H groups in total. The van der Waals surface area contributed by atoms with Crippen molar-refractivity contribution in [3.05, 3.63) is 29.3 Å². The molecule has 1 aliphatic rings. The first-order chi connectivity index (χ1) is 9.37. The SMILES string of the molecule is Cc1ccc(C)c(SCC(=O)N2CCC(C)(O)CC2)c1. The molecular weight excluding hydrogens is 270 g/mol. The molecule has 1 aromatic carbocycles. The maximum Gasteiger partial charge on any atom is 0.232 e. The summed E-state index contributed by atoms with van der Waals surface area (Å²) in [7, 11) is 0. The van der Waals surface area contributed by atoms with Gasteiger partial charge in [0.1, 0.15) is 0 Å². The lowest BCUT2D eigenvalue weighted by atomic mass is 9.94. The van der Waals surface area contributed by atoms with Gasteiger partial charge >= 0.3 is 0 Å². The number of carbonyl (C=O) groups excluding carboxylic acids is 1. The van der Waals surface area contributed by atoms with Gasteiger partial charge in [0.25, 0.3) is 0 Å². The van der Waals surface area contributed by atoms with Crippen molar-refractivity contribution in [3.8, 4) is 0 Å². The Bertz CT molecular complexity index is 489. The van der Waals surface area contributed by atoms with E-state index in [-0.39, 0.29) is 5.91 Å². The van der Waals surface area contributed by atoms with Gasteiger partial charge in [-0.15, -0.1) is 11.8 Å². The van der Waals surface area contributed by atoms with Crippen molar-refractivity contribution in [2.45, 2.75) is 44.1 Å². The molecule has 1 amide bonds. The van der Waals surface area contributed by atoms with E-state index < -0.39 is 5.60 Å². The minimum absolute atomic E-state index is 0.173. The fourth-order valence-corrected chi connectivity index (χ4v) is 3.36. The van der Waals surface area contributed by atoms with Crippen molar-refractivity contribution >= 4 is 17.7 Å². The van der Waals surface area contributed by atoms with Gasteiger partial charge in [-0.05, 0) is 45.2 Å². The summed E-state index contributed by atoms with van der Waals surface area (Å²) in [5.74, 6) is 0.651. The van der Waals surface area contributed by atoms with E-state index in [1.807, 2.05) is 11.8 Å². The number of likely N-dealkylation sites (tertiary alicyclic amines) is 1. The van der Waals surface area contributed by atoms with Gasteiger partial charge in [-0.3, -0.25) is 4.79 Å². The molecule has 1 aromatic rings. The van der Waals surface area contributed by atoms with Crippen LogP contribution in [0.1, 0.15) is 30.9 Å². The first kappa shape index (κ1) is 15.4. The lowest BCUT2D eigenvalue weighted by Crippen LogP contribution is -2.45. The number of aryl methyl sites for hydroxylation is 2. The van der Waals surface area contributed by atoms with Gasteiger partial charge < -0.3 is 10.0 Å². The van der Waals surface area contributed by atoms with Crippen LogP contribution < -0.4 is 0 Å². The molecular formula is C16H23NO2S. The lowest BCUT2D eigenvalue weighted by Gasteiger charge is -2.35. The summed E-state index contributed by atoms with van der Waals surface area (Å²) in [4.78, 5) is 15.3. The van der Waals surface area contributed by atoms with Gasteiger partial charge in [0.15, 0.2) is 0 Å². The number of nitrogens with zero attached hydrogens (tertiary/aromatic N) is 1. The topological polar surface area (TPSA) is 40.5 Å². The van der Waals surface area contributed by atoms with Crippen molar-refractivity contribution in [1.29, 1.82) is 0 Å². The molecule has 0 saturated carbocycles. The maximum atomic E-state index is 12.2. The van der Waals surface area contributed by atoms with Crippen LogP contribution in [0.5, 0.6) is 0 Å². The molecule has 0 atom stereocenters. The predicted molar refractivity (Wildman–Crippen MR) is 83.1 cm³/mol. The fourth-order valence-electron chi connectivity index (χ4n) is 2.33. The molecule has 1 saturated heterocycles. The molecule has 3 nitrogen and oxygen atoms in total. The molecule has 0 bridgehead atoms. The average Bonchev–Trinajstić information content (AvgIpc) is 2.39. The Morgan fingerprint density at radius 3 is 2.65 bits per heavy atom. The first-order valence-corrected chi connectivity index (χ1v) is 8.06. The number of aliphatic hydroxyl groups is 1. The second-order valence-electron chi connectivity index (χ2n) is 5.94. The zero-order valence-corrected chi connectivity index (χ0v) is 13.3. The van der Waals surface area contributed by atoms with E-state index in [0.29, 0.717) is 31.7 Å². The summed E-state index contributed by atoms with van der Waals surface area (Å²) in [5, 5.41) is 9.91. The number of rotatable bonds is 3. The first-order valence-electron chi connectivity index (χ1n) is 7.08. The molecule has 0 aliphatic carbocycles. The summed E-state index contributed by atoms with van der Waals surface area (Å²) in [6.07, 6.45) is 1.35. The Balaban J connectivity index is 1.88. The molecule has 4 heteroatoms. The van der Waals surface area contributed by atoms with Gasteiger partial charge in [0.05, 0.1) is 11.4 Å². The number of piperidine rings is 1. The summed E-state index contributed by atoms with van der Waals surface area (Å²) >= 11 is 1.61. The second kappa shape index (κ2) is 6.19. The number of carbonyl (C=O) groups is 1. The predicted octanol–water partition coefficient (Wildman–Crippen LogP) is 2.77. The van der Waals surface area contributed by atoms with E-state index in [2.05, 4.69) is 32.0 Å². The summed E-state index contributed by atoms with van der Waals surface area (Å²) in [5.41, 5.74) is 1.84. The molecule has 1 fully saturated rings. The zero-order chi connectivity index (χ0) is 14.8. The standard InChI is InChI=1S/C16H23NO2S/c1-12-4-5-13(2)14(10-12)20-11-15(18)17-8-6-16(3,19)7-9-17/h4-5,10,19H,6-9,11H2,1-3H3.